The average molecular weight is 417 g/mol. The number of benzene rings is 2. The fourth-order valence-corrected chi connectivity index (χ4v) is 4.84. The third kappa shape index (κ3) is 6.05. The molecule has 0 aromatic heterocycles. The first-order chi connectivity index (χ1) is 13.8. The molecule has 0 bridgehead atoms. The number of ether oxygens (including phenoxy) is 1. The Kier molecular flexibility index (Phi) is 6.92. The molecule has 156 valence electrons. The molecule has 0 saturated carbocycles. The second-order valence-corrected chi connectivity index (χ2v) is 9.53. The lowest BCUT2D eigenvalue weighted by atomic mass is 10.1. The number of sulfonamides is 1. The van der Waals surface area contributed by atoms with Crippen molar-refractivity contribution < 1.29 is 17.9 Å². The summed E-state index contributed by atoms with van der Waals surface area (Å²) in [5, 5.41) is 2.90. The van der Waals surface area contributed by atoms with Crippen molar-refractivity contribution in [2.75, 3.05) is 19.7 Å². The maximum Gasteiger partial charge on any atom is 0.251 e. The van der Waals surface area contributed by atoms with E-state index in [1.54, 1.807) is 28.6 Å². The molecule has 1 aliphatic rings. The first-order valence-electron chi connectivity index (χ1n) is 9.90. The number of amides is 1. The number of hydrogen-bond donors (Lipinski definition) is 1. The standard InChI is InChI=1S/C22H28N2O4S/c1-17-5-11-21(12-6-17)28-15-18(2)23-22(25)20-9-7-19(8-10-20)16-29(26,27)24-13-3-4-14-24/h5-12,18H,3-4,13-16H2,1-2H3,(H,23,25)/t18-/m1/s1. The van der Waals surface area contributed by atoms with E-state index in [9.17, 15) is 13.2 Å². The van der Waals surface area contributed by atoms with E-state index >= 15 is 0 Å². The van der Waals surface area contributed by atoms with Crippen LogP contribution in [-0.4, -0.2) is 44.4 Å². The van der Waals surface area contributed by atoms with Gasteiger partial charge in [-0.1, -0.05) is 29.8 Å². The Hall–Kier alpha value is -2.38. The van der Waals surface area contributed by atoms with Crippen LogP contribution < -0.4 is 10.1 Å². The molecule has 0 radical (unpaired) electrons. The highest BCUT2D eigenvalue weighted by atomic mass is 32.2. The van der Waals surface area contributed by atoms with Crippen LogP contribution in [0.2, 0.25) is 0 Å². The van der Waals surface area contributed by atoms with Crippen molar-refractivity contribution in [3.63, 3.8) is 0 Å². The molecule has 3 rings (SSSR count). The smallest absolute Gasteiger partial charge is 0.251 e. The van der Waals surface area contributed by atoms with Crippen molar-refractivity contribution in [2.45, 2.75) is 38.5 Å². The van der Waals surface area contributed by atoms with Crippen molar-refractivity contribution in [1.29, 1.82) is 0 Å². The highest BCUT2D eigenvalue weighted by Crippen LogP contribution is 2.17. The molecule has 1 amide bonds. The number of hydrogen-bond acceptors (Lipinski definition) is 4. The van der Waals surface area contributed by atoms with Gasteiger partial charge >= 0.3 is 0 Å². The Morgan fingerprint density at radius 1 is 1.07 bits per heavy atom. The lowest BCUT2D eigenvalue weighted by molar-refractivity contribution is 0.0926. The monoisotopic (exact) mass is 416 g/mol. The van der Waals surface area contributed by atoms with Gasteiger partial charge in [0.25, 0.3) is 5.91 Å². The third-order valence-electron chi connectivity index (χ3n) is 4.92. The van der Waals surface area contributed by atoms with E-state index in [0.717, 1.165) is 24.2 Å². The van der Waals surface area contributed by atoms with Crippen LogP contribution in [-0.2, 0) is 15.8 Å². The average Bonchev–Trinajstić information content (AvgIpc) is 3.24. The Morgan fingerprint density at radius 3 is 2.31 bits per heavy atom. The van der Waals surface area contributed by atoms with Gasteiger partial charge < -0.3 is 10.1 Å². The summed E-state index contributed by atoms with van der Waals surface area (Å²) >= 11 is 0. The van der Waals surface area contributed by atoms with Gasteiger partial charge in [-0.15, -0.1) is 0 Å². The van der Waals surface area contributed by atoms with Crippen LogP contribution in [0.25, 0.3) is 0 Å². The first-order valence-corrected chi connectivity index (χ1v) is 11.5. The molecule has 1 heterocycles. The first kappa shape index (κ1) is 21.3. The minimum absolute atomic E-state index is 0.0321. The maximum absolute atomic E-state index is 12.4. The predicted molar refractivity (Wildman–Crippen MR) is 113 cm³/mol. The molecule has 29 heavy (non-hydrogen) atoms. The van der Waals surface area contributed by atoms with Crippen molar-refractivity contribution in [3.8, 4) is 5.75 Å². The maximum atomic E-state index is 12.4. The normalized spacial score (nSPS) is 15.8. The number of nitrogens with one attached hydrogen (secondary N) is 1. The SMILES string of the molecule is Cc1ccc(OC[C@@H](C)NC(=O)c2ccc(CS(=O)(=O)N3CCCC3)cc2)cc1. The van der Waals surface area contributed by atoms with Crippen molar-refractivity contribution in [2.24, 2.45) is 0 Å². The lowest BCUT2D eigenvalue weighted by Gasteiger charge is -2.16. The molecule has 1 saturated heterocycles. The van der Waals surface area contributed by atoms with Gasteiger partial charge in [-0.05, 0) is 56.5 Å². The summed E-state index contributed by atoms with van der Waals surface area (Å²) in [6.45, 7) is 5.46. The van der Waals surface area contributed by atoms with E-state index in [1.807, 2.05) is 38.1 Å². The highest BCUT2D eigenvalue weighted by molar-refractivity contribution is 7.88. The van der Waals surface area contributed by atoms with Gasteiger partial charge in [0.15, 0.2) is 0 Å². The molecule has 1 atom stereocenters. The van der Waals surface area contributed by atoms with Crippen LogP contribution in [0.4, 0.5) is 0 Å². The van der Waals surface area contributed by atoms with E-state index in [2.05, 4.69) is 5.32 Å². The lowest BCUT2D eigenvalue weighted by Crippen LogP contribution is -2.36. The zero-order valence-electron chi connectivity index (χ0n) is 16.9. The Labute approximate surface area is 172 Å². The molecule has 2 aromatic rings. The fraction of sp³-hybridized carbons (Fsp3) is 0.409. The number of nitrogens with zero attached hydrogens (tertiary/aromatic N) is 1. The van der Waals surface area contributed by atoms with Gasteiger partial charge in [0.2, 0.25) is 10.0 Å². The van der Waals surface area contributed by atoms with E-state index in [1.165, 1.54) is 0 Å². The van der Waals surface area contributed by atoms with Crippen LogP contribution >= 0.6 is 0 Å². The number of carbonyl (C=O) groups excluding carboxylic acids is 1. The van der Waals surface area contributed by atoms with Crippen LogP contribution in [0.15, 0.2) is 48.5 Å². The van der Waals surface area contributed by atoms with E-state index < -0.39 is 10.0 Å². The van der Waals surface area contributed by atoms with Gasteiger partial charge in [0, 0.05) is 18.7 Å². The molecule has 2 aromatic carbocycles. The summed E-state index contributed by atoms with van der Waals surface area (Å²) in [7, 11) is -3.29. The van der Waals surface area contributed by atoms with Gasteiger partial charge in [-0.25, -0.2) is 12.7 Å². The third-order valence-corrected chi connectivity index (χ3v) is 6.77. The van der Waals surface area contributed by atoms with Gasteiger partial charge in [-0.3, -0.25) is 4.79 Å². The predicted octanol–water partition coefficient (Wildman–Crippen LogP) is 3.12. The zero-order chi connectivity index (χ0) is 20.9. The van der Waals surface area contributed by atoms with Gasteiger partial charge in [0.05, 0.1) is 11.8 Å². The molecule has 6 nitrogen and oxygen atoms in total. The Bertz CT molecular complexity index is 918. The minimum Gasteiger partial charge on any atom is -0.491 e. The Balaban J connectivity index is 1.51. The summed E-state index contributed by atoms with van der Waals surface area (Å²) in [5.41, 5.74) is 2.34. The summed E-state index contributed by atoms with van der Waals surface area (Å²) in [6.07, 6.45) is 1.84. The highest BCUT2D eigenvalue weighted by Gasteiger charge is 2.25. The number of carbonyl (C=O) groups is 1. The minimum atomic E-state index is -3.29. The summed E-state index contributed by atoms with van der Waals surface area (Å²) in [4.78, 5) is 12.4. The zero-order valence-corrected chi connectivity index (χ0v) is 17.7. The molecule has 7 heteroatoms. The van der Waals surface area contributed by atoms with Crippen molar-refractivity contribution in [3.05, 3.63) is 65.2 Å². The molecule has 0 aliphatic carbocycles. The summed E-state index contributed by atoms with van der Waals surface area (Å²) in [5.74, 6) is 0.523. The van der Waals surface area contributed by atoms with Crippen LogP contribution in [0.5, 0.6) is 5.75 Å². The summed E-state index contributed by atoms with van der Waals surface area (Å²) in [6, 6.07) is 14.3. The van der Waals surface area contributed by atoms with Crippen LogP contribution in [0.3, 0.4) is 0 Å². The van der Waals surface area contributed by atoms with E-state index in [0.29, 0.717) is 30.8 Å². The van der Waals surface area contributed by atoms with Gasteiger partial charge in [0.1, 0.15) is 12.4 Å². The molecule has 1 aliphatic heterocycles. The second-order valence-electron chi connectivity index (χ2n) is 7.56. The van der Waals surface area contributed by atoms with Gasteiger partial charge in [-0.2, -0.15) is 0 Å². The molecular weight excluding hydrogens is 388 g/mol. The second kappa shape index (κ2) is 9.41. The molecule has 0 unspecified atom stereocenters. The molecule has 1 N–H and O–H groups in total. The molecular formula is C22H28N2O4S. The van der Waals surface area contributed by atoms with Crippen LogP contribution in [0.1, 0.15) is 41.3 Å². The van der Waals surface area contributed by atoms with Crippen molar-refractivity contribution >= 4 is 15.9 Å². The Morgan fingerprint density at radius 2 is 1.69 bits per heavy atom. The number of rotatable bonds is 8. The number of aryl methyl sites for hydroxylation is 1. The van der Waals surface area contributed by atoms with E-state index in [4.69, 9.17) is 4.74 Å². The van der Waals surface area contributed by atoms with Crippen LogP contribution in [0, 0.1) is 6.92 Å². The molecule has 0 spiro atoms. The largest absolute Gasteiger partial charge is 0.491 e. The molecule has 1 fully saturated rings. The quantitative estimate of drug-likeness (QED) is 0.717. The van der Waals surface area contributed by atoms with E-state index in [-0.39, 0.29) is 17.7 Å². The fourth-order valence-electron chi connectivity index (χ4n) is 3.23. The topological polar surface area (TPSA) is 75.7 Å². The summed E-state index contributed by atoms with van der Waals surface area (Å²) < 4.78 is 32.1. The van der Waals surface area contributed by atoms with Crippen molar-refractivity contribution in [1.82, 2.24) is 9.62 Å².